The SMILES string of the molecule is CCCCOC(=O)C(S)CC(C)C(=O)n1c(C)c(C(=O)C(N)=O)c2c(OCC(=O)O)cccc21. The van der Waals surface area contributed by atoms with Crippen LogP contribution in [0, 0.1) is 12.8 Å². The van der Waals surface area contributed by atoms with Gasteiger partial charge in [0.05, 0.1) is 23.1 Å². The Balaban J connectivity index is 2.48. The quantitative estimate of drug-likeness (QED) is 0.134. The van der Waals surface area contributed by atoms with Gasteiger partial charge in [0.1, 0.15) is 11.0 Å². The second-order valence-electron chi connectivity index (χ2n) is 7.83. The van der Waals surface area contributed by atoms with Crippen LogP contribution in [-0.4, -0.2) is 57.7 Å². The van der Waals surface area contributed by atoms with Crippen molar-refractivity contribution in [3.8, 4) is 5.75 Å². The van der Waals surface area contributed by atoms with E-state index in [1.807, 2.05) is 6.92 Å². The molecule has 2 aromatic rings. The van der Waals surface area contributed by atoms with Crippen LogP contribution < -0.4 is 10.5 Å². The van der Waals surface area contributed by atoms with Crippen LogP contribution in [0.1, 0.15) is 54.0 Å². The van der Waals surface area contributed by atoms with Crippen molar-refractivity contribution in [3.63, 3.8) is 0 Å². The number of unbranched alkanes of at least 4 members (excludes halogenated alkanes) is 1. The van der Waals surface area contributed by atoms with Crippen LogP contribution in [0.3, 0.4) is 0 Å². The van der Waals surface area contributed by atoms with Crippen LogP contribution in [-0.2, 0) is 19.1 Å². The van der Waals surface area contributed by atoms with Gasteiger partial charge in [-0.05, 0) is 31.9 Å². The zero-order valence-electron chi connectivity index (χ0n) is 19.2. The summed E-state index contributed by atoms with van der Waals surface area (Å²) in [5.41, 5.74) is 5.45. The third-order valence-corrected chi connectivity index (χ3v) is 5.65. The molecule has 1 heterocycles. The molecule has 0 spiro atoms. The lowest BCUT2D eigenvalue weighted by Crippen LogP contribution is -2.28. The molecule has 2 rings (SSSR count). The van der Waals surface area contributed by atoms with Crippen LogP contribution in [0.2, 0.25) is 0 Å². The van der Waals surface area contributed by atoms with Crippen molar-refractivity contribution in [3.05, 3.63) is 29.5 Å². The van der Waals surface area contributed by atoms with E-state index in [9.17, 15) is 24.0 Å². The standard InChI is InChI=1S/C23H28N2O8S/c1-4-5-9-32-23(31)16(34)10-12(2)22(30)25-13(3)18(20(28)21(24)29)19-14(25)7-6-8-15(19)33-11-17(26)27/h6-8,12,16,34H,4-5,9-11H2,1-3H3,(H2,24,29)(H,26,27). The maximum absolute atomic E-state index is 13.4. The van der Waals surface area contributed by atoms with Gasteiger partial charge in [-0.15, -0.1) is 0 Å². The number of thiol groups is 1. The van der Waals surface area contributed by atoms with E-state index in [4.69, 9.17) is 20.3 Å². The summed E-state index contributed by atoms with van der Waals surface area (Å²) < 4.78 is 11.7. The molecule has 0 radical (unpaired) electrons. The predicted molar refractivity (Wildman–Crippen MR) is 126 cm³/mol. The van der Waals surface area contributed by atoms with E-state index in [0.717, 1.165) is 12.8 Å². The monoisotopic (exact) mass is 492 g/mol. The van der Waals surface area contributed by atoms with Gasteiger partial charge in [-0.25, -0.2) is 4.79 Å². The lowest BCUT2D eigenvalue weighted by molar-refractivity contribution is -0.143. The summed E-state index contributed by atoms with van der Waals surface area (Å²) in [4.78, 5) is 60.8. The Labute approximate surface area is 201 Å². The Morgan fingerprint density at radius 1 is 1.21 bits per heavy atom. The largest absolute Gasteiger partial charge is 0.481 e. The third-order valence-electron chi connectivity index (χ3n) is 5.23. The number of ketones is 1. The smallest absolute Gasteiger partial charge is 0.341 e. The number of aliphatic carboxylic acids is 1. The molecule has 2 atom stereocenters. The van der Waals surface area contributed by atoms with E-state index in [1.54, 1.807) is 6.92 Å². The Morgan fingerprint density at radius 2 is 1.88 bits per heavy atom. The Bertz CT molecular complexity index is 1120. The first-order chi connectivity index (χ1) is 16.0. The van der Waals surface area contributed by atoms with Crippen molar-refractivity contribution >= 4 is 53.1 Å². The average molecular weight is 493 g/mol. The number of esters is 1. The second kappa shape index (κ2) is 11.7. The molecule has 1 aromatic heterocycles. The lowest BCUT2D eigenvalue weighted by atomic mass is 10.0. The van der Waals surface area contributed by atoms with Gasteiger partial charge in [0, 0.05) is 11.6 Å². The number of carbonyl (C=O) groups excluding carboxylic acids is 4. The van der Waals surface area contributed by atoms with Gasteiger partial charge in [-0.1, -0.05) is 26.3 Å². The highest BCUT2D eigenvalue weighted by Gasteiger charge is 2.31. The highest BCUT2D eigenvalue weighted by molar-refractivity contribution is 7.81. The lowest BCUT2D eigenvalue weighted by Gasteiger charge is -2.17. The molecule has 0 aliphatic heterocycles. The molecule has 0 aliphatic carbocycles. The number of carbonyl (C=O) groups is 5. The van der Waals surface area contributed by atoms with Gasteiger partial charge in [0.2, 0.25) is 5.91 Å². The molecule has 2 unspecified atom stereocenters. The Hall–Kier alpha value is -3.34. The predicted octanol–water partition coefficient (Wildman–Crippen LogP) is 2.39. The fourth-order valence-electron chi connectivity index (χ4n) is 3.54. The minimum atomic E-state index is -1.24. The summed E-state index contributed by atoms with van der Waals surface area (Å²) in [7, 11) is 0. The first-order valence-electron chi connectivity index (χ1n) is 10.7. The number of aromatic nitrogens is 1. The summed E-state index contributed by atoms with van der Waals surface area (Å²) in [6.07, 6.45) is 1.66. The molecule has 0 bridgehead atoms. The van der Waals surface area contributed by atoms with Crippen LogP contribution >= 0.6 is 12.6 Å². The number of carboxylic acids is 1. The summed E-state index contributed by atoms with van der Waals surface area (Å²) in [6.45, 7) is 4.62. The van der Waals surface area contributed by atoms with Crippen LogP contribution in [0.15, 0.2) is 18.2 Å². The number of ether oxygens (including phenoxy) is 2. The summed E-state index contributed by atoms with van der Waals surface area (Å²) in [5, 5.41) is 8.23. The molecule has 0 saturated heterocycles. The first kappa shape index (κ1) is 26.9. The van der Waals surface area contributed by atoms with Crippen molar-refractivity contribution in [1.29, 1.82) is 0 Å². The number of hydrogen-bond acceptors (Lipinski definition) is 8. The van der Waals surface area contributed by atoms with E-state index < -0.39 is 47.3 Å². The number of carboxylic acid groups (broad SMARTS) is 1. The van der Waals surface area contributed by atoms with Gasteiger partial charge in [-0.2, -0.15) is 12.6 Å². The topological polar surface area (TPSA) is 155 Å². The number of nitrogens with two attached hydrogens (primary N) is 1. The maximum atomic E-state index is 13.4. The normalized spacial score (nSPS) is 12.7. The van der Waals surface area contributed by atoms with Crippen molar-refractivity contribution in [1.82, 2.24) is 4.57 Å². The van der Waals surface area contributed by atoms with E-state index in [1.165, 1.54) is 29.7 Å². The zero-order chi connectivity index (χ0) is 25.6. The van der Waals surface area contributed by atoms with Gasteiger partial charge in [-0.3, -0.25) is 23.7 Å². The van der Waals surface area contributed by atoms with Crippen LogP contribution in [0.5, 0.6) is 5.75 Å². The number of nitrogens with zero attached hydrogens (tertiary/aromatic N) is 1. The van der Waals surface area contributed by atoms with Crippen molar-refractivity contribution in [2.45, 2.75) is 45.3 Å². The minimum absolute atomic E-state index is 0.0124. The fourth-order valence-corrected chi connectivity index (χ4v) is 3.93. The summed E-state index contributed by atoms with van der Waals surface area (Å²) >= 11 is 4.27. The number of benzene rings is 1. The van der Waals surface area contributed by atoms with Crippen LogP contribution in [0.25, 0.3) is 10.9 Å². The van der Waals surface area contributed by atoms with Crippen molar-refractivity contribution < 1.29 is 38.6 Å². The van der Waals surface area contributed by atoms with Gasteiger partial charge < -0.3 is 20.3 Å². The number of rotatable bonds is 12. The highest BCUT2D eigenvalue weighted by Crippen LogP contribution is 2.35. The number of Topliss-reactive ketones (excluding diaryl/α,β-unsaturated/α-hetero) is 1. The summed E-state index contributed by atoms with van der Waals surface area (Å²) in [6, 6.07) is 4.49. The highest BCUT2D eigenvalue weighted by atomic mass is 32.1. The van der Waals surface area contributed by atoms with Crippen molar-refractivity contribution in [2.24, 2.45) is 11.7 Å². The number of hydrogen-bond donors (Lipinski definition) is 3. The molecule has 184 valence electrons. The molecule has 0 saturated carbocycles. The van der Waals surface area contributed by atoms with Crippen molar-refractivity contribution in [2.75, 3.05) is 13.2 Å². The van der Waals surface area contributed by atoms with E-state index >= 15 is 0 Å². The molecule has 0 fully saturated rings. The maximum Gasteiger partial charge on any atom is 0.341 e. The van der Waals surface area contributed by atoms with Gasteiger partial charge in [0.25, 0.3) is 11.7 Å². The number of primary amides is 1. The minimum Gasteiger partial charge on any atom is -0.481 e. The zero-order valence-corrected chi connectivity index (χ0v) is 20.1. The molecule has 34 heavy (non-hydrogen) atoms. The summed E-state index contributed by atoms with van der Waals surface area (Å²) in [5.74, 6) is -5.21. The van der Waals surface area contributed by atoms with Gasteiger partial charge >= 0.3 is 11.9 Å². The molecular weight excluding hydrogens is 464 g/mol. The number of amides is 1. The molecule has 10 nitrogen and oxygen atoms in total. The van der Waals surface area contributed by atoms with E-state index in [-0.39, 0.29) is 40.9 Å². The van der Waals surface area contributed by atoms with E-state index in [0.29, 0.717) is 0 Å². The van der Waals surface area contributed by atoms with E-state index in [2.05, 4.69) is 12.6 Å². The van der Waals surface area contributed by atoms with Crippen LogP contribution in [0.4, 0.5) is 0 Å². The Morgan fingerprint density at radius 3 is 2.47 bits per heavy atom. The Kier molecular flexibility index (Phi) is 9.25. The number of fused-ring (bicyclic) bond motifs is 1. The average Bonchev–Trinajstić information content (AvgIpc) is 3.08. The molecule has 11 heteroatoms. The molecular formula is C23H28N2O8S. The molecule has 1 amide bonds. The van der Waals surface area contributed by atoms with Gasteiger partial charge in [0.15, 0.2) is 6.61 Å². The molecule has 3 N–H and O–H groups in total. The molecule has 1 aromatic carbocycles. The third kappa shape index (κ3) is 5.96. The molecule has 0 aliphatic rings. The fraction of sp³-hybridized carbons (Fsp3) is 0.435. The first-order valence-corrected chi connectivity index (χ1v) is 11.2. The second-order valence-corrected chi connectivity index (χ2v) is 8.46.